The molecule has 0 radical (unpaired) electrons. The number of nitrogens with one attached hydrogen (secondary N) is 1. The molecule has 0 saturated carbocycles. The predicted molar refractivity (Wildman–Crippen MR) is 122 cm³/mol. The van der Waals surface area contributed by atoms with E-state index < -0.39 is 73.2 Å². The molecule has 0 spiro atoms. The molecule has 0 bridgehead atoms. The van der Waals surface area contributed by atoms with E-state index in [0.717, 1.165) is 6.20 Å². The molecule has 0 amide bonds. The molecular formula is C20H26N2O11S2. The molecule has 1 unspecified atom stereocenters. The Kier molecular flexibility index (Phi) is 7.18. The second-order valence-corrected chi connectivity index (χ2v) is 12.3. The summed E-state index contributed by atoms with van der Waals surface area (Å²) in [6, 6.07) is 7.91. The third-order valence-electron chi connectivity index (χ3n) is 5.85. The Morgan fingerprint density at radius 3 is 2.31 bits per heavy atom. The number of benzene rings is 1. The van der Waals surface area contributed by atoms with E-state index in [-0.39, 0.29) is 5.56 Å². The number of rotatable bonds is 8. The SMILES string of the molecule is Cc1cn([C@@H]2O[C@](COS(C)(=O)=O)(C(O)S(C)(=O)=O)[C@](O)(Cc3ccccc3)[C@H]2O)c(=O)[nH]c1=O. The van der Waals surface area contributed by atoms with Gasteiger partial charge in [-0.2, -0.15) is 8.42 Å². The fourth-order valence-electron chi connectivity index (χ4n) is 4.06. The van der Waals surface area contributed by atoms with Crippen molar-refractivity contribution in [3.8, 4) is 0 Å². The number of sulfone groups is 1. The first kappa shape index (κ1) is 27.2. The van der Waals surface area contributed by atoms with Crippen LogP contribution in [0.3, 0.4) is 0 Å². The number of aromatic nitrogens is 2. The number of nitrogens with zero attached hydrogens (tertiary/aromatic N) is 1. The van der Waals surface area contributed by atoms with Crippen molar-refractivity contribution < 1.29 is 41.1 Å². The van der Waals surface area contributed by atoms with E-state index in [1.54, 1.807) is 18.2 Å². The summed E-state index contributed by atoms with van der Waals surface area (Å²) >= 11 is 0. The van der Waals surface area contributed by atoms with Crippen LogP contribution < -0.4 is 11.2 Å². The summed E-state index contributed by atoms with van der Waals surface area (Å²) in [7, 11) is -8.76. The Balaban J connectivity index is 2.30. The minimum atomic E-state index is -4.49. The second-order valence-electron chi connectivity index (χ2n) is 8.56. The van der Waals surface area contributed by atoms with E-state index in [0.29, 0.717) is 22.6 Å². The number of aromatic amines is 1. The van der Waals surface area contributed by atoms with Gasteiger partial charge in [-0.3, -0.25) is 18.5 Å². The van der Waals surface area contributed by atoms with Gasteiger partial charge in [0.15, 0.2) is 27.1 Å². The van der Waals surface area contributed by atoms with Crippen molar-refractivity contribution in [1.82, 2.24) is 9.55 Å². The molecule has 2 heterocycles. The van der Waals surface area contributed by atoms with Crippen LogP contribution in [0, 0.1) is 6.92 Å². The Labute approximate surface area is 200 Å². The van der Waals surface area contributed by atoms with Gasteiger partial charge in [0.1, 0.15) is 18.3 Å². The minimum absolute atomic E-state index is 0.0144. The zero-order valence-electron chi connectivity index (χ0n) is 19.0. The van der Waals surface area contributed by atoms with Crippen LogP contribution in [0.25, 0.3) is 0 Å². The number of aliphatic hydroxyl groups excluding tert-OH is 2. The van der Waals surface area contributed by atoms with Gasteiger partial charge in [0.2, 0.25) is 0 Å². The van der Waals surface area contributed by atoms with E-state index in [9.17, 15) is 41.7 Å². The summed E-state index contributed by atoms with van der Waals surface area (Å²) in [5.41, 5.74) is -9.55. The van der Waals surface area contributed by atoms with E-state index in [4.69, 9.17) is 8.92 Å². The molecule has 15 heteroatoms. The van der Waals surface area contributed by atoms with Crippen LogP contribution in [-0.2, 0) is 35.3 Å². The van der Waals surface area contributed by atoms with E-state index >= 15 is 0 Å². The first-order valence-electron chi connectivity index (χ1n) is 10.2. The lowest BCUT2D eigenvalue weighted by molar-refractivity contribution is -0.193. The summed E-state index contributed by atoms with van der Waals surface area (Å²) in [5, 5.41) is 34.0. The average Bonchev–Trinajstić information content (AvgIpc) is 2.96. The third-order valence-corrected chi connectivity index (χ3v) is 7.59. The minimum Gasteiger partial charge on any atom is -0.385 e. The number of hydrogen-bond acceptors (Lipinski definition) is 11. The van der Waals surface area contributed by atoms with Crippen molar-refractivity contribution in [3.63, 3.8) is 0 Å². The van der Waals surface area contributed by atoms with Gasteiger partial charge >= 0.3 is 5.69 Å². The molecule has 2 aromatic rings. The van der Waals surface area contributed by atoms with Gasteiger partial charge < -0.3 is 20.1 Å². The summed E-state index contributed by atoms with van der Waals surface area (Å²) < 4.78 is 59.7. The van der Waals surface area contributed by atoms with Gasteiger partial charge in [0.25, 0.3) is 15.7 Å². The highest BCUT2D eigenvalue weighted by atomic mass is 32.2. The van der Waals surface area contributed by atoms with Gasteiger partial charge in [-0.1, -0.05) is 30.3 Å². The van der Waals surface area contributed by atoms with Crippen LogP contribution in [0.5, 0.6) is 0 Å². The lowest BCUT2D eigenvalue weighted by atomic mass is 9.76. The molecule has 1 aromatic heterocycles. The highest BCUT2D eigenvalue weighted by molar-refractivity contribution is 7.91. The molecule has 35 heavy (non-hydrogen) atoms. The molecule has 1 fully saturated rings. The smallest absolute Gasteiger partial charge is 0.330 e. The molecule has 5 atom stereocenters. The van der Waals surface area contributed by atoms with Crippen LogP contribution in [0.2, 0.25) is 0 Å². The normalized spacial score (nSPS) is 28.2. The molecule has 1 aliphatic rings. The predicted octanol–water partition coefficient (Wildman–Crippen LogP) is -2.21. The Morgan fingerprint density at radius 2 is 1.77 bits per heavy atom. The van der Waals surface area contributed by atoms with Gasteiger partial charge in [-0.05, 0) is 12.5 Å². The van der Waals surface area contributed by atoms with Crippen molar-refractivity contribution in [3.05, 3.63) is 68.5 Å². The van der Waals surface area contributed by atoms with Gasteiger partial charge in [0, 0.05) is 24.4 Å². The van der Waals surface area contributed by atoms with Crippen LogP contribution in [0.4, 0.5) is 0 Å². The summed E-state index contributed by atoms with van der Waals surface area (Å²) in [6.07, 6.45) is -2.22. The summed E-state index contributed by atoms with van der Waals surface area (Å²) in [4.78, 5) is 26.3. The number of hydrogen-bond donors (Lipinski definition) is 4. The quantitative estimate of drug-likeness (QED) is 0.267. The van der Waals surface area contributed by atoms with Crippen molar-refractivity contribution >= 4 is 20.0 Å². The molecule has 1 aliphatic heterocycles. The molecule has 194 valence electrons. The molecule has 0 aliphatic carbocycles. The summed E-state index contributed by atoms with van der Waals surface area (Å²) in [6.45, 7) is 0.117. The Morgan fingerprint density at radius 1 is 1.17 bits per heavy atom. The maximum absolute atomic E-state index is 12.5. The van der Waals surface area contributed by atoms with Gasteiger partial charge in [-0.25, -0.2) is 13.2 Å². The highest BCUT2D eigenvalue weighted by Gasteiger charge is 2.71. The second kappa shape index (κ2) is 9.24. The van der Waals surface area contributed by atoms with E-state index in [2.05, 4.69) is 0 Å². The fraction of sp³-hybridized carbons (Fsp3) is 0.500. The van der Waals surface area contributed by atoms with Crippen LogP contribution in [0.15, 0.2) is 46.1 Å². The Hall–Kier alpha value is -2.40. The van der Waals surface area contributed by atoms with E-state index in [1.165, 1.54) is 19.1 Å². The lowest BCUT2D eigenvalue weighted by Gasteiger charge is -2.43. The maximum atomic E-state index is 12.5. The topological polar surface area (TPSA) is 202 Å². The zero-order chi connectivity index (χ0) is 26.4. The number of H-pyrrole nitrogens is 1. The zero-order valence-corrected chi connectivity index (χ0v) is 20.6. The monoisotopic (exact) mass is 534 g/mol. The standard InChI is InChI=1S/C20H26N2O11S2/c1-12-10-22(18(26)21-15(12)24)16-14(23)19(27,9-13-7-5-4-6-8-13)20(33-16,11-32-35(3,30)31)17(25)34(2,28)29/h4-8,10,14,16-17,23,25,27H,9,11H2,1-3H3,(H,21,24,26)/t14-,16+,17?,19-,20+/m0/s1. The maximum Gasteiger partial charge on any atom is 0.330 e. The molecule has 4 N–H and O–H groups in total. The van der Waals surface area contributed by atoms with Crippen molar-refractivity contribution in [2.24, 2.45) is 0 Å². The van der Waals surface area contributed by atoms with Crippen molar-refractivity contribution in [1.29, 1.82) is 0 Å². The molecule has 1 aromatic carbocycles. The van der Waals surface area contributed by atoms with Crippen molar-refractivity contribution in [2.45, 2.75) is 42.3 Å². The van der Waals surface area contributed by atoms with Crippen LogP contribution in [0.1, 0.15) is 17.4 Å². The number of aliphatic hydroxyl groups is 3. The van der Waals surface area contributed by atoms with E-state index in [1.807, 2.05) is 4.98 Å². The average molecular weight is 535 g/mol. The van der Waals surface area contributed by atoms with Gasteiger partial charge in [-0.15, -0.1) is 0 Å². The first-order chi connectivity index (χ1) is 16.0. The van der Waals surface area contributed by atoms with Gasteiger partial charge in [0.05, 0.1) is 6.26 Å². The number of aryl methyl sites for hydroxylation is 1. The third kappa shape index (κ3) is 5.11. The molecule has 3 rings (SSSR count). The first-order valence-corrected chi connectivity index (χ1v) is 13.9. The largest absolute Gasteiger partial charge is 0.385 e. The molecule has 1 saturated heterocycles. The fourth-order valence-corrected chi connectivity index (χ4v) is 5.46. The Bertz CT molecular complexity index is 1420. The van der Waals surface area contributed by atoms with Crippen LogP contribution >= 0.6 is 0 Å². The number of ether oxygens (including phenoxy) is 1. The highest BCUT2D eigenvalue weighted by Crippen LogP contribution is 2.49. The molecule has 13 nitrogen and oxygen atoms in total. The summed E-state index contributed by atoms with van der Waals surface area (Å²) in [5.74, 6) is 0. The lowest BCUT2D eigenvalue weighted by Crippen LogP contribution is -2.67. The van der Waals surface area contributed by atoms with Crippen molar-refractivity contribution in [2.75, 3.05) is 19.1 Å². The molecular weight excluding hydrogens is 508 g/mol. The van der Waals surface area contributed by atoms with Crippen LogP contribution in [-0.4, -0.2) is 83.6 Å².